The van der Waals surface area contributed by atoms with Crippen molar-refractivity contribution in [2.45, 2.75) is 18.9 Å². The van der Waals surface area contributed by atoms with Crippen LogP contribution in [0.2, 0.25) is 0 Å². The molecule has 2 atom stereocenters. The molecule has 0 amide bonds. The Morgan fingerprint density at radius 1 is 1.56 bits per heavy atom. The fraction of sp³-hybridized carbons (Fsp3) is 1.00. The predicted octanol–water partition coefficient (Wildman–Crippen LogP) is -0.0583. The molecule has 0 aromatic rings. The lowest BCUT2D eigenvalue weighted by Gasteiger charge is -2.28. The van der Waals surface area contributed by atoms with Crippen LogP contribution in [-0.4, -0.2) is 76.3 Å². The quantitative estimate of drug-likeness (QED) is 0.569. The van der Waals surface area contributed by atoms with Gasteiger partial charge in [0.15, 0.2) is 0 Å². The van der Waals surface area contributed by atoms with Crippen LogP contribution in [-0.2, 0) is 9.47 Å². The molecule has 1 saturated heterocycles. The summed E-state index contributed by atoms with van der Waals surface area (Å²) >= 11 is 0. The van der Waals surface area contributed by atoms with E-state index in [2.05, 4.69) is 17.3 Å². The smallest absolute Gasteiger partial charge is 0.0791 e. The van der Waals surface area contributed by atoms with Crippen molar-refractivity contribution in [3.8, 4) is 0 Å². The number of ether oxygens (including phenoxy) is 2. The molecular weight excluding hydrogens is 232 g/mol. The molecule has 0 radical (unpaired) electrons. The second kappa shape index (κ2) is 9.69. The van der Waals surface area contributed by atoms with Crippen LogP contribution in [0.1, 0.15) is 12.8 Å². The summed E-state index contributed by atoms with van der Waals surface area (Å²) in [5.41, 5.74) is 0. The lowest BCUT2D eigenvalue weighted by Crippen LogP contribution is -2.40. The minimum atomic E-state index is -0.323. The van der Waals surface area contributed by atoms with E-state index in [1.807, 2.05) is 0 Å². The van der Waals surface area contributed by atoms with Crippen molar-refractivity contribution >= 4 is 0 Å². The van der Waals surface area contributed by atoms with Gasteiger partial charge in [-0.25, -0.2) is 0 Å². The predicted molar refractivity (Wildman–Crippen MR) is 71.8 cm³/mol. The van der Waals surface area contributed by atoms with Crippen LogP contribution in [0.4, 0.5) is 0 Å². The molecule has 0 saturated carbocycles. The Balaban J connectivity index is 2.04. The van der Waals surface area contributed by atoms with Crippen LogP contribution in [0, 0.1) is 5.92 Å². The zero-order valence-electron chi connectivity index (χ0n) is 11.7. The van der Waals surface area contributed by atoms with Crippen molar-refractivity contribution < 1.29 is 14.6 Å². The first-order chi connectivity index (χ1) is 8.72. The summed E-state index contributed by atoms with van der Waals surface area (Å²) in [6, 6.07) is 0. The number of nitrogens with zero attached hydrogens (tertiary/aromatic N) is 1. The number of rotatable bonds is 9. The maximum Gasteiger partial charge on any atom is 0.0791 e. The molecule has 18 heavy (non-hydrogen) atoms. The van der Waals surface area contributed by atoms with Gasteiger partial charge in [-0.3, -0.25) is 0 Å². The number of aliphatic hydroxyl groups excluding tert-OH is 1. The number of aliphatic hydroxyl groups is 1. The first kappa shape index (κ1) is 15.9. The molecule has 2 N–H and O–H groups in total. The molecule has 1 heterocycles. The highest BCUT2D eigenvalue weighted by atomic mass is 16.5. The summed E-state index contributed by atoms with van der Waals surface area (Å²) in [5, 5.41) is 13.0. The summed E-state index contributed by atoms with van der Waals surface area (Å²) in [6.07, 6.45) is 2.09. The number of hydrogen-bond acceptors (Lipinski definition) is 5. The van der Waals surface area contributed by atoms with Crippen molar-refractivity contribution in [2.75, 3.05) is 60.2 Å². The van der Waals surface area contributed by atoms with Gasteiger partial charge in [0.05, 0.1) is 19.3 Å². The van der Waals surface area contributed by atoms with Gasteiger partial charge in [-0.1, -0.05) is 0 Å². The van der Waals surface area contributed by atoms with E-state index in [0.29, 0.717) is 25.6 Å². The minimum Gasteiger partial charge on any atom is -0.390 e. The van der Waals surface area contributed by atoms with E-state index in [-0.39, 0.29) is 6.10 Å². The third-order valence-electron chi connectivity index (χ3n) is 3.21. The molecule has 1 rings (SSSR count). The molecule has 0 bridgehead atoms. The van der Waals surface area contributed by atoms with E-state index in [1.54, 1.807) is 7.11 Å². The summed E-state index contributed by atoms with van der Waals surface area (Å²) in [4.78, 5) is 2.20. The molecule has 0 spiro atoms. The highest BCUT2D eigenvalue weighted by Crippen LogP contribution is 2.14. The van der Waals surface area contributed by atoms with E-state index in [9.17, 15) is 5.11 Å². The average molecular weight is 260 g/mol. The molecule has 1 aliphatic heterocycles. The maximum absolute atomic E-state index is 9.87. The van der Waals surface area contributed by atoms with Gasteiger partial charge in [0.2, 0.25) is 0 Å². The summed E-state index contributed by atoms with van der Waals surface area (Å²) < 4.78 is 10.4. The van der Waals surface area contributed by atoms with Crippen LogP contribution < -0.4 is 5.32 Å². The Labute approximate surface area is 110 Å². The normalized spacial score (nSPS) is 22.3. The first-order valence-electron chi connectivity index (χ1n) is 6.86. The van der Waals surface area contributed by atoms with Crippen LogP contribution in [0.3, 0.4) is 0 Å². The molecule has 1 fully saturated rings. The van der Waals surface area contributed by atoms with Crippen LogP contribution in [0.25, 0.3) is 0 Å². The Hall–Kier alpha value is -0.200. The monoisotopic (exact) mass is 260 g/mol. The molecule has 5 nitrogen and oxygen atoms in total. The van der Waals surface area contributed by atoms with Gasteiger partial charge in [0.1, 0.15) is 0 Å². The van der Waals surface area contributed by atoms with Crippen molar-refractivity contribution in [1.82, 2.24) is 10.2 Å². The van der Waals surface area contributed by atoms with E-state index in [4.69, 9.17) is 9.47 Å². The minimum absolute atomic E-state index is 0.323. The van der Waals surface area contributed by atoms with E-state index in [1.165, 1.54) is 12.8 Å². The highest BCUT2D eigenvalue weighted by molar-refractivity contribution is 4.70. The Morgan fingerprint density at radius 3 is 3.06 bits per heavy atom. The maximum atomic E-state index is 9.87. The Bertz CT molecular complexity index is 199. The van der Waals surface area contributed by atoms with E-state index < -0.39 is 0 Å². The van der Waals surface area contributed by atoms with Gasteiger partial charge in [-0.2, -0.15) is 0 Å². The third-order valence-corrected chi connectivity index (χ3v) is 3.21. The van der Waals surface area contributed by atoms with Crippen LogP contribution >= 0.6 is 0 Å². The van der Waals surface area contributed by atoms with Crippen molar-refractivity contribution in [2.24, 2.45) is 5.92 Å². The zero-order valence-corrected chi connectivity index (χ0v) is 11.7. The fourth-order valence-electron chi connectivity index (χ4n) is 2.33. The highest BCUT2D eigenvalue weighted by Gasteiger charge is 2.17. The summed E-state index contributed by atoms with van der Waals surface area (Å²) in [7, 11) is 3.74. The molecule has 0 aromatic carbocycles. The fourth-order valence-corrected chi connectivity index (χ4v) is 2.33. The molecule has 0 aromatic heterocycles. The SMILES string of the molecule is COCCNCC(O)CN(C)CC1CCCOC1. The Morgan fingerprint density at radius 2 is 2.39 bits per heavy atom. The Kier molecular flexibility index (Phi) is 8.54. The summed E-state index contributed by atoms with van der Waals surface area (Å²) in [5.74, 6) is 0.623. The first-order valence-corrected chi connectivity index (χ1v) is 6.86. The van der Waals surface area contributed by atoms with E-state index in [0.717, 1.165) is 26.3 Å². The summed E-state index contributed by atoms with van der Waals surface area (Å²) in [6.45, 7) is 5.58. The van der Waals surface area contributed by atoms with Crippen molar-refractivity contribution in [3.63, 3.8) is 0 Å². The standard InChI is InChI=1S/C13H28N2O3/c1-15(9-12-4-3-6-18-11-12)10-13(16)8-14-5-7-17-2/h12-14,16H,3-11H2,1-2H3. The largest absolute Gasteiger partial charge is 0.390 e. The van der Waals surface area contributed by atoms with Gasteiger partial charge in [0.25, 0.3) is 0 Å². The van der Waals surface area contributed by atoms with Gasteiger partial charge in [0, 0.05) is 39.9 Å². The van der Waals surface area contributed by atoms with E-state index >= 15 is 0 Å². The van der Waals surface area contributed by atoms with Gasteiger partial charge >= 0.3 is 0 Å². The lowest BCUT2D eigenvalue weighted by atomic mass is 10.0. The molecule has 0 aliphatic carbocycles. The molecule has 5 heteroatoms. The average Bonchev–Trinajstić information content (AvgIpc) is 2.35. The van der Waals surface area contributed by atoms with Crippen molar-refractivity contribution in [3.05, 3.63) is 0 Å². The molecular formula is C13H28N2O3. The van der Waals surface area contributed by atoms with Gasteiger partial charge in [-0.05, 0) is 25.8 Å². The third kappa shape index (κ3) is 7.28. The number of hydrogen-bond donors (Lipinski definition) is 2. The van der Waals surface area contributed by atoms with Gasteiger partial charge < -0.3 is 24.8 Å². The second-order valence-electron chi connectivity index (χ2n) is 5.16. The number of likely N-dealkylation sites (N-methyl/N-ethyl adjacent to an activating group) is 1. The molecule has 1 aliphatic rings. The van der Waals surface area contributed by atoms with Crippen molar-refractivity contribution in [1.29, 1.82) is 0 Å². The zero-order chi connectivity index (χ0) is 13.2. The van der Waals surface area contributed by atoms with Crippen LogP contribution in [0.5, 0.6) is 0 Å². The topological polar surface area (TPSA) is 54.0 Å². The second-order valence-corrected chi connectivity index (χ2v) is 5.16. The van der Waals surface area contributed by atoms with Gasteiger partial charge in [-0.15, -0.1) is 0 Å². The van der Waals surface area contributed by atoms with Crippen LogP contribution in [0.15, 0.2) is 0 Å². The lowest BCUT2D eigenvalue weighted by molar-refractivity contribution is 0.0343. The molecule has 108 valence electrons. The number of methoxy groups -OCH3 is 1. The molecule has 2 unspecified atom stereocenters. The number of nitrogens with one attached hydrogen (secondary N) is 1.